The lowest BCUT2D eigenvalue weighted by Gasteiger charge is -2.32. The predicted molar refractivity (Wildman–Crippen MR) is 134 cm³/mol. The zero-order chi connectivity index (χ0) is 24.4. The summed E-state index contributed by atoms with van der Waals surface area (Å²) in [4.78, 5) is 26.8. The molecule has 3 aromatic rings. The molecule has 1 amide bonds. The number of aromatic nitrogens is 4. The van der Waals surface area contributed by atoms with E-state index in [1.165, 1.54) is 10.2 Å². The number of nitrogens with zero attached hydrogens (tertiary/aromatic N) is 6. The van der Waals surface area contributed by atoms with Gasteiger partial charge in [0, 0.05) is 50.7 Å². The van der Waals surface area contributed by atoms with Gasteiger partial charge in [-0.15, -0.1) is 5.10 Å². The molecular formula is C25H32N8O2. The number of hydrogen-bond donors (Lipinski definition) is 2. The Labute approximate surface area is 205 Å². The van der Waals surface area contributed by atoms with Crippen molar-refractivity contribution in [2.45, 2.75) is 19.3 Å². The van der Waals surface area contributed by atoms with Gasteiger partial charge in [0.05, 0.1) is 12.8 Å². The van der Waals surface area contributed by atoms with Crippen LogP contribution in [-0.2, 0) is 12.8 Å². The van der Waals surface area contributed by atoms with Gasteiger partial charge < -0.3 is 25.6 Å². The van der Waals surface area contributed by atoms with Crippen molar-refractivity contribution in [1.82, 2.24) is 34.9 Å². The summed E-state index contributed by atoms with van der Waals surface area (Å²) in [5.41, 5.74) is 10.6. The van der Waals surface area contributed by atoms with Gasteiger partial charge in [0.15, 0.2) is 5.82 Å². The van der Waals surface area contributed by atoms with E-state index in [-0.39, 0.29) is 11.7 Å². The van der Waals surface area contributed by atoms with Crippen molar-refractivity contribution in [3.8, 4) is 23.0 Å². The van der Waals surface area contributed by atoms with Crippen molar-refractivity contribution in [1.29, 1.82) is 0 Å². The second-order valence-corrected chi connectivity index (χ2v) is 9.19. The van der Waals surface area contributed by atoms with Crippen molar-refractivity contribution >= 4 is 11.7 Å². The number of nitrogens with one attached hydrogen (secondary N) is 1. The lowest BCUT2D eigenvalue weighted by atomic mass is 9.90. The van der Waals surface area contributed by atoms with Gasteiger partial charge >= 0.3 is 0 Å². The lowest BCUT2D eigenvalue weighted by Crippen LogP contribution is -2.45. The Bertz CT molecular complexity index is 1220. The maximum absolute atomic E-state index is 12.7. The van der Waals surface area contributed by atoms with Gasteiger partial charge in [0.2, 0.25) is 0 Å². The largest absolute Gasteiger partial charge is 0.497 e. The molecule has 10 nitrogen and oxygen atoms in total. The molecule has 2 aromatic heterocycles. The van der Waals surface area contributed by atoms with Crippen molar-refractivity contribution < 1.29 is 9.53 Å². The second kappa shape index (κ2) is 10.0. The number of methoxy groups -OCH3 is 1. The number of carbonyl (C=O) groups excluding carboxylic acids is 1. The highest BCUT2D eigenvalue weighted by Crippen LogP contribution is 2.34. The van der Waals surface area contributed by atoms with E-state index >= 15 is 0 Å². The number of carbonyl (C=O) groups is 1. The molecule has 0 radical (unpaired) electrons. The van der Waals surface area contributed by atoms with Crippen molar-refractivity contribution in [2.75, 3.05) is 59.2 Å². The summed E-state index contributed by atoms with van der Waals surface area (Å²) in [5.74, 6) is 1.14. The normalized spacial score (nSPS) is 15.9. The number of benzene rings is 1. The number of nitrogen functional groups attached to an aromatic ring is 1. The highest BCUT2D eigenvalue weighted by atomic mass is 16.5. The SMILES string of the molecule is COc1ccc2c(c1)CCc1cnc(-n3cc(C(=O)NCCCN4CCN(C)CC4)c(N)n3)nc1-2. The maximum Gasteiger partial charge on any atom is 0.256 e. The maximum atomic E-state index is 12.7. The van der Waals surface area contributed by atoms with Crippen LogP contribution in [0.15, 0.2) is 30.6 Å². The number of ether oxygens (including phenoxy) is 1. The Morgan fingerprint density at radius 2 is 1.97 bits per heavy atom. The van der Waals surface area contributed by atoms with Crippen molar-refractivity contribution in [2.24, 2.45) is 0 Å². The van der Waals surface area contributed by atoms with E-state index in [2.05, 4.69) is 38.3 Å². The van der Waals surface area contributed by atoms with E-state index in [0.717, 1.165) is 74.6 Å². The zero-order valence-electron chi connectivity index (χ0n) is 20.3. The molecular weight excluding hydrogens is 444 g/mol. The molecule has 3 heterocycles. The van der Waals surface area contributed by atoms with E-state index in [9.17, 15) is 4.79 Å². The summed E-state index contributed by atoms with van der Waals surface area (Å²) in [5, 5.41) is 7.28. The molecule has 0 unspecified atom stereocenters. The van der Waals surface area contributed by atoms with Crippen LogP contribution in [0.4, 0.5) is 5.82 Å². The van der Waals surface area contributed by atoms with Crippen LogP contribution in [0.5, 0.6) is 5.75 Å². The Balaban J connectivity index is 1.26. The first-order chi connectivity index (χ1) is 17.0. The van der Waals surface area contributed by atoms with Gasteiger partial charge in [-0.25, -0.2) is 14.6 Å². The predicted octanol–water partition coefficient (Wildman–Crippen LogP) is 1.39. The van der Waals surface area contributed by atoms with Crippen LogP contribution in [0.2, 0.25) is 0 Å². The highest BCUT2D eigenvalue weighted by Gasteiger charge is 2.21. The molecule has 0 spiro atoms. The fraction of sp³-hybridized carbons (Fsp3) is 0.440. The number of amides is 1. The summed E-state index contributed by atoms with van der Waals surface area (Å²) in [6.07, 6.45) is 6.10. The summed E-state index contributed by atoms with van der Waals surface area (Å²) in [6.45, 7) is 5.88. The van der Waals surface area contributed by atoms with Gasteiger partial charge in [-0.05, 0) is 62.2 Å². The molecule has 0 atom stereocenters. The molecule has 0 bridgehead atoms. The Kier molecular flexibility index (Phi) is 6.65. The molecule has 1 saturated heterocycles. The van der Waals surface area contributed by atoms with Crippen molar-refractivity contribution in [3.63, 3.8) is 0 Å². The number of hydrogen-bond acceptors (Lipinski definition) is 8. The van der Waals surface area contributed by atoms with Crippen LogP contribution in [-0.4, -0.2) is 88.9 Å². The molecule has 1 aliphatic heterocycles. The third-order valence-electron chi connectivity index (χ3n) is 6.81. The quantitative estimate of drug-likeness (QED) is 0.492. The number of anilines is 1. The topological polar surface area (TPSA) is 114 Å². The number of rotatable bonds is 7. The monoisotopic (exact) mass is 476 g/mol. The zero-order valence-corrected chi connectivity index (χ0v) is 20.3. The molecule has 1 aromatic carbocycles. The van der Waals surface area contributed by atoms with Crippen LogP contribution in [0.25, 0.3) is 17.2 Å². The van der Waals surface area contributed by atoms with E-state index in [1.54, 1.807) is 13.3 Å². The van der Waals surface area contributed by atoms with Gasteiger partial charge in [-0.2, -0.15) is 0 Å². The molecule has 3 N–H and O–H groups in total. The van der Waals surface area contributed by atoms with Gasteiger partial charge in [-0.1, -0.05) is 0 Å². The number of aryl methyl sites for hydroxylation is 2. The van der Waals surface area contributed by atoms with Gasteiger partial charge in [-0.3, -0.25) is 4.79 Å². The lowest BCUT2D eigenvalue weighted by molar-refractivity contribution is 0.0950. The molecule has 10 heteroatoms. The molecule has 5 rings (SSSR count). The van der Waals surface area contributed by atoms with E-state index in [1.807, 2.05) is 18.3 Å². The number of fused-ring (bicyclic) bond motifs is 3. The molecule has 0 saturated carbocycles. The standard InChI is InChI=1S/C25H32N8O2/c1-31-10-12-32(13-11-31)9-3-8-27-24(34)21-16-33(30-23(21)26)25-28-15-18-5-4-17-14-19(35-2)6-7-20(17)22(18)29-25/h6-7,14-16H,3-5,8-13H2,1-2H3,(H2,26,30)(H,27,34). The van der Waals surface area contributed by atoms with E-state index in [0.29, 0.717) is 18.1 Å². The molecule has 1 fully saturated rings. The molecule has 1 aliphatic carbocycles. The highest BCUT2D eigenvalue weighted by molar-refractivity contribution is 5.98. The van der Waals surface area contributed by atoms with E-state index < -0.39 is 0 Å². The minimum atomic E-state index is -0.234. The summed E-state index contributed by atoms with van der Waals surface area (Å²) < 4.78 is 6.85. The summed E-state index contributed by atoms with van der Waals surface area (Å²) >= 11 is 0. The summed E-state index contributed by atoms with van der Waals surface area (Å²) in [6, 6.07) is 6.02. The Morgan fingerprint density at radius 1 is 1.17 bits per heavy atom. The average Bonchev–Trinajstić information content (AvgIpc) is 3.28. The Morgan fingerprint density at radius 3 is 2.77 bits per heavy atom. The van der Waals surface area contributed by atoms with Crippen LogP contribution in [0.3, 0.4) is 0 Å². The fourth-order valence-electron chi connectivity index (χ4n) is 4.66. The average molecular weight is 477 g/mol. The minimum absolute atomic E-state index is 0.160. The van der Waals surface area contributed by atoms with Gasteiger partial charge in [0.25, 0.3) is 11.9 Å². The molecule has 184 valence electrons. The minimum Gasteiger partial charge on any atom is -0.497 e. The number of piperazine rings is 1. The van der Waals surface area contributed by atoms with Gasteiger partial charge in [0.1, 0.15) is 11.3 Å². The summed E-state index contributed by atoms with van der Waals surface area (Å²) in [7, 11) is 3.82. The first kappa shape index (κ1) is 23.3. The molecule has 2 aliphatic rings. The second-order valence-electron chi connectivity index (χ2n) is 9.19. The third-order valence-corrected chi connectivity index (χ3v) is 6.81. The van der Waals surface area contributed by atoms with Crippen LogP contribution < -0.4 is 15.8 Å². The van der Waals surface area contributed by atoms with Crippen molar-refractivity contribution in [3.05, 3.63) is 47.3 Å². The first-order valence-corrected chi connectivity index (χ1v) is 12.1. The Hall–Kier alpha value is -3.50. The molecule has 35 heavy (non-hydrogen) atoms. The van der Waals surface area contributed by atoms with Crippen LogP contribution >= 0.6 is 0 Å². The van der Waals surface area contributed by atoms with Crippen LogP contribution in [0, 0.1) is 0 Å². The third kappa shape index (κ3) is 4.98. The number of likely N-dealkylation sites (N-methyl/N-ethyl adjacent to an activating group) is 1. The smallest absolute Gasteiger partial charge is 0.256 e. The number of nitrogens with two attached hydrogens (primary N) is 1. The fourth-order valence-corrected chi connectivity index (χ4v) is 4.66. The van der Waals surface area contributed by atoms with E-state index in [4.69, 9.17) is 15.5 Å². The first-order valence-electron chi connectivity index (χ1n) is 12.1. The van der Waals surface area contributed by atoms with Crippen LogP contribution in [0.1, 0.15) is 27.9 Å².